The van der Waals surface area contributed by atoms with Crippen LogP contribution in [-0.2, 0) is 6.54 Å². The predicted molar refractivity (Wildman–Crippen MR) is 148 cm³/mol. The van der Waals surface area contributed by atoms with Crippen LogP contribution in [0.15, 0.2) is 78.9 Å². The van der Waals surface area contributed by atoms with E-state index in [1.807, 2.05) is 12.1 Å². The van der Waals surface area contributed by atoms with Gasteiger partial charge in [0.05, 0.1) is 14.2 Å². The van der Waals surface area contributed by atoms with Gasteiger partial charge >= 0.3 is 0 Å². The quantitative estimate of drug-likeness (QED) is 0.384. The molecule has 0 radical (unpaired) electrons. The number of methoxy groups -OCH3 is 2. The van der Waals surface area contributed by atoms with E-state index in [9.17, 15) is 0 Å². The molecule has 0 amide bonds. The summed E-state index contributed by atoms with van der Waals surface area (Å²) in [5.74, 6) is 2.10. The average Bonchev–Trinajstić information content (AvgIpc) is 3.35. The molecule has 3 aromatic rings. The summed E-state index contributed by atoms with van der Waals surface area (Å²) in [5, 5.41) is 0. The molecular formula is C29H36Cl2N2O2. The van der Waals surface area contributed by atoms with Crippen molar-refractivity contribution in [1.82, 2.24) is 9.80 Å². The van der Waals surface area contributed by atoms with Crippen LogP contribution in [0, 0.1) is 0 Å². The molecule has 0 spiro atoms. The number of rotatable bonds is 7. The molecule has 35 heavy (non-hydrogen) atoms. The Kier molecular flexibility index (Phi) is 9.88. The SMILES string of the molecule is COc1ccc(CN2C[C@@H]3CCCN3[C@H](C(c3ccccc3)c3ccccc3)C2)c(OC)c1.Cl.Cl. The standard InChI is InChI=1S/C29H34N2O2.2ClH/c1-32-26-16-15-24(28(18-26)33-2)19-30-20-25-14-9-17-31(25)27(21-30)29(22-10-5-3-6-11-22)23-12-7-4-8-13-23;;/h3-8,10-13,15-16,18,25,27,29H,9,14,17,19-21H2,1-2H3;2*1H/t25-,27-;;/m0../s1. The topological polar surface area (TPSA) is 24.9 Å². The van der Waals surface area contributed by atoms with Gasteiger partial charge < -0.3 is 9.47 Å². The minimum atomic E-state index is 0. The Morgan fingerprint density at radius 1 is 0.829 bits per heavy atom. The van der Waals surface area contributed by atoms with Crippen molar-refractivity contribution in [3.8, 4) is 11.5 Å². The minimum absolute atomic E-state index is 0. The largest absolute Gasteiger partial charge is 0.497 e. The number of ether oxygens (including phenoxy) is 2. The zero-order valence-electron chi connectivity index (χ0n) is 20.5. The van der Waals surface area contributed by atoms with Crippen LogP contribution in [0.4, 0.5) is 0 Å². The molecule has 2 atom stereocenters. The van der Waals surface area contributed by atoms with Crippen molar-refractivity contribution in [2.45, 2.75) is 37.4 Å². The van der Waals surface area contributed by atoms with Crippen LogP contribution in [-0.4, -0.2) is 55.7 Å². The van der Waals surface area contributed by atoms with Crippen LogP contribution < -0.4 is 9.47 Å². The van der Waals surface area contributed by atoms with Gasteiger partial charge in [-0.3, -0.25) is 9.80 Å². The van der Waals surface area contributed by atoms with Crippen molar-refractivity contribution in [2.24, 2.45) is 0 Å². The molecule has 0 bridgehead atoms. The fourth-order valence-corrected chi connectivity index (χ4v) is 5.84. The van der Waals surface area contributed by atoms with Gasteiger partial charge in [0.15, 0.2) is 0 Å². The van der Waals surface area contributed by atoms with Crippen molar-refractivity contribution in [3.63, 3.8) is 0 Å². The molecule has 188 valence electrons. The van der Waals surface area contributed by atoms with Crippen molar-refractivity contribution in [3.05, 3.63) is 95.6 Å². The minimum Gasteiger partial charge on any atom is -0.497 e. The van der Waals surface area contributed by atoms with E-state index in [0.29, 0.717) is 18.0 Å². The molecule has 4 nitrogen and oxygen atoms in total. The maximum Gasteiger partial charge on any atom is 0.127 e. The molecule has 0 N–H and O–H groups in total. The number of hydrogen-bond donors (Lipinski definition) is 0. The van der Waals surface area contributed by atoms with E-state index >= 15 is 0 Å². The monoisotopic (exact) mass is 514 g/mol. The highest BCUT2D eigenvalue weighted by Gasteiger charge is 2.41. The number of nitrogens with zero attached hydrogens (tertiary/aromatic N) is 2. The Bertz CT molecular complexity index is 1010. The second kappa shape index (κ2) is 12.6. The number of fused-ring (bicyclic) bond motifs is 1. The third kappa shape index (κ3) is 5.95. The first-order valence-electron chi connectivity index (χ1n) is 12.1. The van der Waals surface area contributed by atoms with E-state index in [1.54, 1.807) is 14.2 Å². The lowest BCUT2D eigenvalue weighted by atomic mass is 9.82. The summed E-state index contributed by atoms with van der Waals surface area (Å²) in [6, 6.07) is 29.4. The molecule has 0 aromatic heterocycles. The number of halogens is 2. The maximum atomic E-state index is 5.71. The summed E-state index contributed by atoms with van der Waals surface area (Å²) in [4.78, 5) is 5.44. The highest BCUT2D eigenvalue weighted by atomic mass is 35.5. The summed E-state index contributed by atoms with van der Waals surface area (Å²) in [6.07, 6.45) is 2.57. The third-order valence-corrected chi connectivity index (χ3v) is 7.35. The van der Waals surface area contributed by atoms with E-state index in [1.165, 1.54) is 36.1 Å². The lowest BCUT2D eigenvalue weighted by molar-refractivity contribution is 0.0380. The first-order valence-corrected chi connectivity index (χ1v) is 12.1. The molecule has 5 rings (SSSR count). The van der Waals surface area contributed by atoms with Crippen LogP contribution in [0.3, 0.4) is 0 Å². The Labute approximate surface area is 222 Å². The summed E-state index contributed by atoms with van der Waals surface area (Å²) in [5.41, 5.74) is 4.03. The fraction of sp³-hybridized carbons (Fsp3) is 0.379. The van der Waals surface area contributed by atoms with Crippen LogP contribution in [0.1, 0.15) is 35.4 Å². The molecule has 2 saturated heterocycles. The van der Waals surface area contributed by atoms with Gasteiger partial charge in [-0.25, -0.2) is 0 Å². The highest BCUT2D eigenvalue weighted by molar-refractivity contribution is 5.85. The van der Waals surface area contributed by atoms with Crippen LogP contribution in [0.25, 0.3) is 0 Å². The number of piperazine rings is 1. The van der Waals surface area contributed by atoms with E-state index in [0.717, 1.165) is 31.1 Å². The fourth-order valence-electron chi connectivity index (χ4n) is 5.84. The van der Waals surface area contributed by atoms with Crippen molar-refractivity contribution in [1.29, 1.82) is 0 Å². The molecule has 0 unspecified atom stereocenters. The Morgan fingerprint density at radius 3 is 2.09 bits per heavy atom. The van der Waals surface area contributed by atoms with Gasteiger partial charge in [-0.15, -0.1) is 24.8 Å². The lowest BCUT2D eigenvalue weighted by Gasteiger charge is -2.47. The normalized spacial score (nSPS) is 20.0. The van der Waals surface area contributed by atoms with Gasteiger partial charge in [-0.2, -0.15) is 0 Å². The van der Waals surface area contributed by atoms with Crippen LogP contribution in [0.2, 0.25) is 0 Å². The first-order chi connectivity index (χ1) is 16.3. The van der Waals surface area contributed by atoms with Gasteiger partial charge in [-0.1, -0.05) is 66.7 Å². The second-order valence-electron chi connectivity index (χ2n) is 9.27. The summed E-state index contributed by atoms with van der Waals surface area (Å²) in [6.45, 7) is 4.25. The third-order valence-electron chi connectivity index (χ3n) is 7.35. The molecule has 2 fully saturated rings. The van der Waals surface area contributed by atoms with Crippen molar-refractivity contribution < 1.29 is 9.47 Å². The van der Waals surface area contributed by atoms with Gasteiger partial charge in [0, 0.05) is 49.3 Å². The molecule has 3 aromatic carbocycles. The number of hydrogen-bond acceptors (Lipinski definition) is 4. The molecule has 2 heterocycles. The molecular weight excluding hydrogens is 479 g/mol. The summed E-state index contributed by atoms with van der Waals surface area (Å²) in [7, 11) is 3.45. The Hall–Kier alpha value is -2.24. The molecule has 2 aliphatic rings. The van der Waals surface area contributed by atoms with Gasteiger partial charge in [-0.05, 0) is 36.6 Å². The van der Waals surface area contributed by atoms with E-state index in [2.05, 4.69) is 76.5 Å². The maximum absolute atomic E-state index is 5.71. The Morgan fingerprint density at radius 2 is 1.49 bits per heavy atom. The molecule has 6 heteroatoms. The van der Waals surface area contributed by atoms with Crippen LogP contribution in [0.5, 0.6) is 11.5 Å². The zero-order valence-corrected chi connectivity index (χ0v) is 22.1. The predicted octanol–water partition coefficient (Wildman–Crippen LogP) is 6.03. The van der Waals surface area contributed by atoms with Crippen LogP contribution >= 0.6 is 24.8 Å². The second-order valence-corrected chi connectivity index (χ2v) is 9.27. The molecule has 0 saturated carbocycles. The van der Waals surface area contributed by atoms with Gasteiger partial charge in [0.2, 0.25) is 0 Å². The van der Waals surface area contributed by atoms with E-state index < -0.39 is 0 Å². The van der Waals surface area contributed by atoms with Gasteiger partial charge in [0.25, 0.3) is 0 Å². The van der Waals surface area contributed by atoms with Crippen molar-refractivity contribution in [2.75, 3.05) is 33.9 Å². The summed E-state index contributed by atoms with van der Waals surface area (Å²) >= 11 is 0. The molecule has 0 aliphatic carbocycles. The number of benzene rings is 3. The highest BCUT2D eigenvalue weighted by Crippen LogP contribution is 2.38. The summed E-state index contributed by atoms with van der Waals surface area (Å²) < 4.78 is 11.1. The van der Waals surface area contributed by atoms with E-state index in [4.69, 9.17) is 9.47 Å². The van der Waals surface area contributed by atoms with E-state index in [-0.39, 0.29) is 24.8 Å². The lowest BCUT2D eigenvalue weighted by Crippen LogP contribution is -2.57. The Balaban J connectivity index is 0.00000171. The van der Waals surface area contributed by atoms with Gasteiger partial charge in [0.1, 0.15) is 11.5 Å². The first kappa shape index (κ1) is 27.3. The van der Waals surface area contributed by atoms with Crippen molar-refractivity contribution >= 4 is 24.8 Å². The smallest absolute Gasteiger partial charge is 0.127 e. The zero-order chi connectivity index (χ0) is 22.6. The average molecular weight is 516 g/mol. The molecule has 2 aliphatic heterocycles.